The first-order chi connectivity index (χ1) is 12.0. The molecule has 0 saturated carbocycles. The zero-order chi connectivity index (χ0) is 18.2. The minimum atomic E-state index is -0.219. The Hall–Kier alpha value is -3.35. The fourth-order valence-corrected chi connectivity index (χ4v) is 2.12. The van der Waals surface area contributed by atoms with Gasteiger partial charge in [-0.3, -0.25) is 14.4 Å². The third kappa shape index (κ3) is 5.07. The van der Waals surface area contributed by atoms with E-state index >= 15 is 0 Å². The van der Waals surface area contributed by atoms with Crippen molar-refractivity contribution in [3.05, 3.63) is 59.7 Å². The van der Waals surface area contributed by atoms with Crippen LogP contribution in [0.15, 0.2) is 48.5 Å². The molecule has 4 N–H and O–H groups in total. The van der Waals surface area contributed by atoms with E-state index in [4.69, 9.17) is 0 Å². The van der Waals surface area contributed by atoms with Crippen LogP contribution < -0.4 is 21.3 Å². The number of hydrogen-bond donors (Lipinski definition) is 4. The molecule has 0 aromatic heterocycles. The molecule has 0 aliphatic heterocycles. The predicted molar refractivity (Wildman–Crippen MR) is 96.8 cm³/mol. The number of rotatable bonds is 6. The summed E-state index contributed by atoms with van der Waals surface area (Å²) >= 11 is 0. The summed E-state index contributed by atoms with van der Waals surface area (Å²) in [5.41, 5.74) is 2.41. The van der Waals surface area contributed by atoms with Gasteiger partial charge in [0.25, 0.3) is 11.8 Å². The van der Waals surface area contributed by atoms with Crippen LogP contribution in [0.5, 0.6) is 0 Å². The summed E-state index contributed by atoms with van der Waals surface area (Å²) in [6, 6.07) is 13.4. The molecule has 0 heterocycles. The predicted octanol–water partition coefficient (Wildman–Crippen LogP) is 1.46. The Morgan fingerprint density at radius 2 is 1.16 bits per heavy atom. The van der Waals surface area contributed by atoms with Gasteiger partial charge in [0, 0.05) is 36.6 Å². The highest BCUT2D eigenvalue weighted by molar-refractivity contribution is 5.97. The van der Waals surface area contributed by atoms with Crippen LogP contribution in [0, 0.1) is 0 Å². The molecular weight excluding hydrogens is 320 g/mol. The number of carbonyl (C=O) groups is 3. The van der Waals surface area contributed by atoms with Gasteiger partial charge < -0.3 is 21.3 Å². The van der Waals surface area contributed by atoms with E-state index < -0.39 is 0 Å². The van der Waals surface area contributed by atoms with Gasteiger partial charge in [0.2, 0.25) is 5.91 Å². The molecule has 2 rings (SSSR count). The highest BCUT2D eigenvalue weighted by Gasteiger charge is 2.06. The first-order valence-electron chi connectivity index (χ1n) is 7.71. The molecule has 7 nitrogen and oxygen atoms in total. The smallest absolute Gasteiger partial charge is 0.251 e. The van der Waals surface area contributed by atoms with Gasteiger partial charge in [-0.15, -0.1) is 0 Å². The molecule has 0 spiro atoms. The quantitative estimate of drug-likeness (QED) is 0.640. The maximum absolute atomic E-state index is 12.0. The van der Waals surface area contributed by atoms with E-state index in [1.165, 1.54) is 0 Å². The normalized spacial score (nSPS) is 9.84. The van der Waals surface area contributed by atoms with Gasteiger partial charge in [0.1, 0.15) is 0 Å². The number of amides is 3. The van der Waals surface area contributed by atoms with E-state index in [1.54, 1.807) is 62.6 Å². The van der Waals surface area contributed by atoms with Gasteiger partial charge >= 0.3 is 0 Å². The van der Waals surface area contributed by atoms with Gasteiger partial charge in [0.15, 0.2) is 0 Å². The van der Waals surface area contributed by atoms with Crippen LogP contribution >= 0.6 is 0 Å². The summed E-state index contributed by atoms with van der Waals surface area (Å²) in [6.07, 6.45) is 0. The van der Waals surface area contributed by atoms with Crippen molar-refractivity contribution < 1.29 is 14.4 Å². The molecule has 0 radical (unpaired) electrons. The van der Waals surface area contributed by atoms with Crippen molar-refractivity contribution in [3.8, 4) is 0 Å². The van der Waals surface area contributed by atoms with Crippen LogP contribution in [-0.2, 0) is 4.79 Å². The van der Waals surface area contributed by atoms with E-state index in [0.717, 1.165) is 5.69 Å². The van der Waals surface area contributed by atoms with Crippen LogP contribution in [0.4, 0.5) is 11.4 Å². The number of hydrogen-bond acceptors (Lipinski definition) is 4. The number of benzene rings is 2. The number of anilines is 2. The standard InChI is InChI=1S/C18H20N4O3/c1-19-17(24)12-3-7-14(8-4-12)21-11-16(23)22-15-9-5-13(6-10-15)18(25)20-2/h3-10,21H,11H2,1-2H3,(H,19,24)(H,20,25)(H,22,23). The van der Waals surface area contributed by atoms with E-state index in [0.29, 0.717) is 16.8 Å². The summed E-state index contributed by atoms with van der Waals surface area (Å²) in [5, 5.41) is 10.8. The number of carbonyl (C=O) groups excluding carboxylic acids is 3. The molecule has 0 bridgehead atoms. The number of nitrogens with one attached hydrogen (secondary N) is 4. The Bertz CT molecular complexity index is 755. The molecule has 0 saturated heterocycles. The fraction of sp³-hybridized carbons (Fsp3) is 0.167. The molecular formula is C18H20N4O3. The Labute approximate surface area is 145 Å². The lowest BCUT2D eigenvalue weighted by atomic mass is 10.2. The molecule has 0 unspecified atom stereocenters. The largest absolute Gasteiger partial charge is 0.376 e. The lowest BCUT2D eigenvalue weighted by Crippen LogP contribution is -2.22. The Morgan fingerprint density at radius 1 is 0.720 bits per heavy atom. The molecule has 0 aliphatic rings. The minimum Gasteiger partial charge on any atom is -0.376 e. The second kappa shape index (κ2) is 8.49. The van der Waals surface area contributed by atoms with E-state index in [9.17, 15) is 14.4 Å². The zero-order valence-corrected chi connectivity index (χ0v) is 14.1. The lowest BCUT2D eigenvalue weighted by Gasteiger charge is -2.09. The van der Waals surface area contributed by atoms with Gasteiger partial charge in [-0.25, -0.2) is 0 Å². The van der Waals surface area contributed by atoms with Gasteiger partial charge in [0.05, 0.1) is 6.54 Å². The topological polar surface area (TPSA) is 99.3 Å². The molecule has 2 aromatic rings. The van der Waals surface area contributed by atoms with Gasteiger partial charge in [-0.1, -0.05) is 0 Å². The summed E-state index contributed by atoms with van der Waals surface area (Å²) in [5.74, 6) is -0.563. The van der Waals surface area contributed by atoms with E-state index in [1.807, 2.05) is 0 Å². The molecule has 7 heteroatoms. The van der Waals surface area contributed by atoms with Crippen molar-refractivity contribution in [2.75, 3.05) is 31.3 Å². The maximum atomic E-state index is 12.0. The molecule has 130 valence electrons. The van der Waals surface area contributed by atoms with E-state index in [-0.39, 0.29) is 24.3 Å². The van der Waals surface area contributed by atoms with Crippen LogP contribution in [0.25, 0.3) is 0 Å². The van der Waals surface area contributed by atoms with E-state index in [2.05, 4.69) is 21.3 Å². The van der Waals surface area contributed by atoms with Gasteiger partial charge in [-0.2, -0.15) is 0 Å². The van der Waals surface area contributed by atoms with Crippen LogP contribution in [0.3, 0.4) is 0 Å². The SMILES string of the molecule is CNC(=O)c1ccc(NCC(=O)Nc2ccc(C(=O)NC)cc2)cc1. The second-order valence-electron chi connectivity index (χ2n) is 5.21. The monoisotopic (exact) mass is 340 g/mol. The average Bonchev–Trinajstić information content (AvgIpc) is 2.66. The summed E-state index contributed by atoms with van der Waals surface area (Å²) in [4.78, 5) is 34.9. The molecule has 2 aromatic carbocycles. The zero-order valence-electron chi connectivity index (χ0n) is 14.1. The molecule has 0 aliphatic carbocycles. The Morgan fingerprint density at radius 3 is 1.60 bits per heavy atom. The van der Waals surface area contributed by atoms with Crippen molar-refractivity contribution in [3.63, 3.8) is 0 Å². The van der Waals surface area contributed by atoms with Crippen molar-refractivity contribution >= 4 is 29.1 Å². The maximum Gasteiger partial charge on any atom is 0.251 e. The van der Waals surface area contributed by atoms with Crippen LogP contribution in [0.2, 0.25) is 0 Å². The summed E-state index contributed by atoms with van der Waals surface area (Å²) in [6.45, 7) is 0.0799. The van der Waals surface area contributed by atoms with Crippen LogP contribution in [0.1, 0.15) is 20.7 Å². The van der Waals surface area contributed by atoms with Gasteiger partial charge in [-0.05, 0) is 48.5 Å². The first kappa shape index (κ1) is 18.0. The molecule has 25 heavy (non-hydrogen) atoms. The third-order valence-corrected chi connectivity index (χ3v) is 3.49. The van der Waals surface area contributed by atoms with Crippen molar-refractivity contribution in [1.29, 1.82) is 0 Å². The van der Waals surface area contributed by atoms with Crippen molar-refractivity contribution in [1.82, 2.24) is 10.6 Å². The molecule has 0 fully saturated rings. The minimum absolute atomic E-state index is 0.0799. The Kier molecular flexibility index (Phi) is 6.11. The third-order valence-electron chi connectivity index (χ3n) is 3.49. The fourth-order valence-electron chi connectivity index (χ4n) is 2.12. The highest BCUT2D eigenvalue weighted by atomic mass is 16.2. The second-order valence-corrected chi connectivity index (χ2v) is 5.21. The lowest BCUT2D eigenvalue weighted by molar-refractivity contribution is -0.114. The highest BCUT2D eigenvalue weighted by Crippen LogP contribution is 2.11. The summed E-state index contributed by atoms with van der Waals surface area (Å²) < 4.78 is 0. The summed E-state index contributed by atoms with van der Waals surface area (Å²) in [7, 11) is 3.13. The van der Waals surface area contributed by atoms with Crippen molar-refractivity contribution in [2.45, 2.75) is 0 Å². The first-order valence-corrected chi connectivity index (χ1v) is 7.71. The average molecular weight is 340 g/mol. The molecule has 0 atom stereocenters. The molecule has 3 amide bonds. The van der Waals surface area contributed by atoms with Crippen molar-refractivity contribution in [2.24, 2.45) is 0 Å². The Balaban J connectivity index is 1.86. The van der Waals surface area contributed by atoms with Crippen LogP contribution in [-0.4, -0.2) is 38.4 Å².